The number of benzene rings is 1. The zero-order valence-electron chi connectivity index (χ0n) is 11.8. The minimum atomic E-state index is -0.462. The Bertz CT molecular complexity index is 850. The van der Waals surface area contributed by atoms with Crippen LogP contribution in [0.2, 0.25) is 0 Å². The molecule has 2 heterocycles. The van der Waals surface area contributed by atoms with Gasteiger partial charge in [-0.15, -0.1) is 0 Å². The molecule has 2 aromatic heterocycles. The summed E-state index contributed by atoms with van der Waals surface area (Å²) in [7, 11) is 0. The van der Waals surface area contributed by atoms with Gasteiger partial charge in [0.05, 0.1) is 23.9 Å². The molecule has 112 valence electrons. The van der Waals surface area contributed by atoms with Gasteiger partial charge < -0.3 is 9.73 Å². The molecule has 0 aliphatic heterocycles. The summed E-state index contributed by atoms with van der Waals surface area (Å²) in [5.74, 6) is -0.487. The van der Waals surface area contributed by atoms with Crippen molar-refractivity contribution in [1.29, 1.82) is 0 Å². The Morgan fingerprint density at radius 2 is 2.14 bits per heavy atom. The number of amides is 1. The molecule has 1 N–H and O–H groups in total. The van der Waals surface area contributed by atoms with Gasteiger partial charge in [0.25, 0.3) is 5.91 Å². The standard InChI is InChI=1S/C16H13FN2O3/c1-10(20)19-9-14(13-5-4-11(17)7-15(13)19)16(21)18-8-12-3-2-6-22-12/h2-7,9H,8H2,1H3,(H,18,21). The number of halogens is 1. The van der Waals surface area contributed by atoms with E-state index < -0.39 is 5.82 Å². The smallest absolute Gasteiger partial charge is 0.253 e. The molecule has 3 rings (SSSR count). The van der Waals surface area contributed by atoms with Gasteiger partial charge in [-0.1, -0.05) is 0 Å². The molecular formula is C16H13FN2O3. The number of nitrogens with zero attached hydrogens (tertiary/aromatic N) is 1. The molecule has 0 fully saturated rings. The Morgan fingerprint density at radius 3 is 2.82 bits per heavy atom. The van der Waals surface area contributed by atoms with E-state index in [1.165, 1.54) is 42.1 Å². The first-order valence-electron chi connectivity index (χ1n) is 6.68. The van der Waals surface area contributed by atoms with Gasteiger partial charge >= 0.3 is 0 Å². The molecule has 3 aromatic rings. The number of nitrogens with one attached hydrogen (secondary N) is 1. The summed E-state index contributed by atoms with van der Waals surface area (Å²) in [6.45, 7) is 1.59. The fraction of sp³-hybridized carbons (Fsp3) is 0.125. The zero-order chi connectivity index (χ0) is 15.7. The van der Waals surface area contributed by atoms with Gasteiger partial charge in [-0.05, 0) is 30.3 Å². The van der Waals surface area contributed by atoms with Gasteiger partial charge in [0.1, 0.15) is 11.6 Å². The van der Waals surface area contributed by atoms with E-state index in [1.54, 1.807) is 12.1 Å². The summed E-state index contributed by atoms with van der Waals surface area (Å²) in [5.41, 5.74) is 0.687. The van der Waals surface area contributed by atoms with E-state index in [1.807, 2.05) is 0 Å². The van der Waals surface area contributed by atoms with Crippen LogP contribution in [-0.2, 0) is 6.54 Å². The first-order chi connectivity index (χ1) is 10.6. The first kappa shape index (κ1) is 14.1. The van der Waals surface area contributed by atoms with Crippen LogP contribution in [0.15, 0.2) is 47.2 Å². The molecular weight excluding hydrogens is 287 g/mol. The van der Waals surface area contributed by atoms with Crippen LogP contribution in [0.3, 0.4) is 0 Å². The molecule has 6 heteroatoms. The first-order valence-corrected chi connectivity index (χ1v) is 6.68. The predicted molar refractivity (Wildman–Crippen MR) is 78.1 cm³/mol. The fourth-order valence-electron chi connectivity index (χ4n) is 2.32. The predicted octanol–water partition coefficient (Wildman–Crippen LogP) is 2.96. The van der Waals surface area contributed by atoms with Crippen LogP contribution in [0.25, 0.3) is 10.9 Å². The second kappa shape index (κ2) is 5.48. The molecule has 0 unspecified atom stereocenters. The van der Waals surface area contributed by atoms with Gasteiger partial charge in [0, 0.05) is 18.5 Å². The van der Waals surface area contributed by atoms with Crippen molar-refractivity contribution in [3.05, 3.63) is 59.9 Å². The van der Waals surface area contributed by atoms with Crippen molar-refractivity contribution in [2.24, 2.45) is 0 Å². The number of aromatic nitrogens is 1. The van der Waals surface area contributed by atoms with Crippen LogP contribution in [0.5, 0.6) is 0 Å². The quantitative estimate of drug-likeness (QED) is 0.808. The topological polar surface area (TPSA) is 64.2 Å². The Morgan fingerprint density at radius 1 is 1.32 bits per heavy atom. The number of furan rings is 1. The van der Waals surface area contributed by atoms with Gasteiger partial charge in [0.2, 0.25) is 5.91 Å². The maximum atomic E-state index is 13.4. The minimum absolute atomic E-state index is 0.236. The SMILES string of the molecule is CC(=O)n1cc(C(=O)NCc2ccco2)c2ccc(F)cc21. The van der Waals surface area contributed by atoms with Crippen molar-refractivity contribution in [3.63, 3.8) is 0 Å². The fourth-order valence-corrected chi connectivity index (χ4v) is 2.32. The molecule has 22 heavy (non-hydrogen) atoms. The highest BCUT2D eigenvalue weighted by molar-refractivity contribution is 6.09. The monoisotopic (exact) mass is 300 g/mol. The molecule has 0 aliphatic carbocycles. The minimum Gasteiger partial charge on any atom is -0.467 e. The molecule has 0 saturated heterocycles. The number of fused-ring (bicyclic) bond motifs is 1. The van der Waals surface area contributed by atoms with E-state index >= 15 is 0 Å². The molecule has 5 nitrogen and oxygen atoms in total. The summed E-state index contributed by atoms with van der Waals surface area (Å²) < 4.78 is 19.8. The molecule has 0 radical (unpaired) electrons. The highest BCUT2D eigenvalue weighted by Crippen LogP contribution is 2.22. The number of carbonyl (C=O) groups is 2. The van der Waals surface area contributed by atoms with Crippen LogP contribution in [0, 0.1) is 5.82 Å². The molecule has 0 aliphatic rings. The Labute approximate surface area is 125 Å². The lowest BCUT2D eigenvalue weighted by Gasteiger charge is -2.01. The average Bonchev–Trinajstić information content (AvgIpc) is 3.11. The van der Waals surface area contributed by atoms with Crippen LogP contribution < -0.4 is 5.32 Å². The largest absolute Gasteiger partial charge is 0.467 e. The van der Waals surface area contributed by atoms with Crippen LogP contribution in [0.1, 0.15) is 27.8 Å². The number of rotatable bonds is 3. The van der Waals surface area contributed by atoms with Crippen LogP contribution in [0.4, 0.5) is 4.39 Å². The average molecular weight is 300 g/mol. The highest BCUT2D eigenvalue weighted by atomic mass is 19.1. The molecule has 0 atom stereocenters. The van der Waals surface area contributed by atoms with Gasteiger partial charge in [-0.3, -0.25) is 14.2 Å². The lowest BCUT2D eigenvalue weighted by atomic mass is 10.1. The van der Waals surface area contributed by atoms with Crippen LogP contribution >= 0.6 is 0 Å². The lowest BCUT2D eigenvalue weighted by molar-refractivity contribution is 0.0941. The second-order valence-corrected chi connectivity index (χ2v) is 4.86. The third kappa shape index (κ3) is 2.50. The van der Waals surface area contributed by atoms with Crippen molar-refractivity contribution >= 4 is 22.7 Å². The molecule has 1 amide bonds. The van der Waals surface area contributed by atoms with Crippen molar-refractivity contribution < 1.29 is 18.4 Å². The van der Waals surface area contributed by atoms with E-state index in [2.05, 4.69) is 5.32 Å². The van der Waals surface area contributed by atoms with Crippen molar-refractivity contribution in [2.75, 3.05) is 0 Å². The maximum absolute atomic E-state index is 13.4. The zero-order valence-corrected chi connectivity index (χ0v) is 11.8. The summed E-state index contributed by atoms with van der Waals surface area (Å²) in [5, 5.41) is 3.23. The van der Waals surface area contributed by atoms with E-state index in [0.717, 1.165) is 0 Å². The molecule has 1 aromatic carbocycles. The van der Waals surface area contributed by atoms with Gasteiger partial charge in [0.15, 0.2) is 0 Å². The summed E-state index contributed by atoms with van der Waals surface area (Å²) in [6.07, 6.45) is 2.94. The Hall–Kier alpha value is -2.89. The summed E-state index contributed by atoms with van der Waals surface area (Å²) in [6, 6.07) is 7.46. The summed E-state index contributed by atoms with van der Waals surface area (Å²) in [4.78, 5) is 23.9. The molecule has 0 saturated carbocycles. The van der Waals surface area contributed by atoms with E-state index in [4.69, 9.17) is 4.42 Å². The Balaban J connectivity index is 1.96. The van der Waals surface area contributed by atoms with E-state index in [9.17, 15) is 14.0 Å². The van der Waals surface area contributed by atoms with Crippen molar-refractivity contribution in [3.8, 4) is 0 Å². The number of hydrogen-bond acceptors (Lipinski definition) is 3. The van der Waals surface area contributed by atoms with Gasteiger partial charge in [-0.25, -0.2) is 4.39 Å². The number of carbonyl (C=O) groups excluding carboxylic acids is 2. The lowest BCUT2D eigenvalue weighted by Crippen LogP contribution is -2.22. The maximum Gasteiger partial charge on any atom is 0.253 e. The second-order valence-electron chi connectivity index (χ2n) is 4.86. The van der Waals surface area contributed by atoms with Crippen molar-refractivity contribution in [2.45, 2.75) is 13.5 Å². The van der Waals surface area contributed by atoms with Crippen molar-refractivity contribution in [1.82, 2.24) is 9.88 Å². The Kier molecular flexibility index (Phi) is 3.50. The number of hydrogen-bond donors (Lipinski definition) is 1. The van der Waals surface area contributed by atoms with Crippen LogP contribution in [-0.4, -0.2) is 16.4 Å². The normalized spacial score (nSPS) is 10.8. The summed E-state index contributed by atoms with van der Waals surface area (Å²) >= 11 is 0. The van der Waals surface area contributed by atoms with Gasteiger partial charge in [-0.2, -0.15) is 0 Å². The molecule has 0 spiro atoms. The third-order valence-corrected chi connectivity index (χ3v) is 3.35. The van der Waals surface area contributed by atoms with E-state index in [-0.39, 0.29) is 18.4 Å². The third-order valence-electron chi connectivity index (χ3n) is 3.35. The van der Waals surface area contributed by atoms with E-state index in [0.29, 0.717) is 22.2 Å². The molecule has 0 bridgehead atoms. The highest BCUT2D eigenvalue weighted by Gasteiger charge is 2.17.